The van der Waals surface area contributed by atoms with Gasteiger partial charge in [0.05, 0.1) is 11.4 Å². The summed E-state index contributed by atoms with van der Waals surface area (Å²) in [7, 11) is 1.75. The van der Waals surface area contributed by atoms with Gasteiger partial charge in [0.25, 0.3) is 11.5 Å². The van der Waals surface area contributed by atoms with Gasteiger partial charge >= 0.3 is 0 Å². The van der Waals surface area contributed by atoms with Crippen molar-refractivity contribution >= 4 is 23.2 Å². The standard InChI is InChI=1S/C25H20ClN3O3/c1-16-22(24(31)29(27(16)2)19-8-4-3-5-9-19)28-23(30)20-10-6-7-11-21(20)25(28,32)17-12-14-18(26)15-13-17/h3-15,32H,1-2H3. The number of carbonyl (C=O) groups is 1. The summed E-state index contributed by atoms with van der Waals surface area (Å²) >= 11 is 6.07. The zero-order chi connectivity index (χ0) is 22.6. The van der Waals surface area contributed by atoms with E-state index in [1.807, 2.05) is 30.3 Å². The topological polar surface area (TPSA) is 67.5 Å². The average molecular weight is 446 g/mol. The number of carbonyl (C=O) groups excluding carboxylic acids is 1. The van der Waals surface area contributed by atoms with Crippen molar-refractivity contribution in [3.05, 3.63) is 117 Å². The Morgan fingerprint density at radius 1 is 0.875 bits per heavy atom. The number of aromatic nitrogens is 2. The third-order valence-corrected chi connectivity index (χ3v) is 6.31. The lowest BCUT2D eigenvalue weighted by atomic mass is 9.93. The summed E-state index contributed by atoms with van der Waals surface area (Å²) in [4.78, 5) is 28.5. The number of fused-ring (bicyclic) bond motifs is 1. The van der Waals surface area contributed by atoms with Crippen molar-refractivity contribution in [3.8, 4) is 5.69 Å². The highest BCUT2D eigenvalue weighted by Crippen LogP contribution is 2.45. The first-order valence-electron chi connectivity index (χ1n) is 10.1. The highest BCUT2D eigenvalue weighted by Gasteiger charge is 2.52. The number of amides is 1. The summed E-state index contributed by atoms with van der Waals surface area (Å²) in [6.45, 7) is 1.76. The van der Waals surface area contributed by atoms with Crippen LogP contribution in [-0.4, -0.2) is 20.4 Å². The number of hydrogen-bond acceptors (Lipinski definition) is 3. The van der Waals surface area contributed by atoms with Crippen molar-refractivity contribution in [3.63, 3.8) is 0 Å². The minimum Gasteiger partial charge on any atom is -0.363 e. The maximum absolute atomic E-state index is 13.7. The molecule has 0 bridgehead atoms. The Balaban J connectivity index is 1.81. The lowest BCUT2D eigenvalue weighted by Gasteiger charge is -2.34. The maximum Gasteiger partial charge on any atom is 0.295 e. The third-order valence-electron chi connectivity index (χ3n) is 6.05. The fraction of sp³-hybridized carbons (Fsp3) is 0.120. The molecule has 0 fully saturated rings. The third kappa shape index (κ3) is 2.70. The normalized spacial score (nSPS) is 17.6. The first-order chi connectivity index (χ1) is 15.4. The van der Waals surface area contributed by atoms with Crippen molar-refractivity contribution in [2.24, 2.45) is 7.05 Å². The predicted octanol–water partition coefficient (Wildman–Crippen LogP) is 3.99. The molecule has 1 aromatic heterocycles. The number of hydrogen-bond donors (Lipinski definition) is 1. The molecule has 1 aliphatic rings. The quantitative estimate of drug-likeness (QED) is 0.518. The van der Waals surface area contributed by atoms with Crippen LogP contribution in [-0.2, 0) is 12.8 Å². The summed E-state index contributed by atoms with van der Waals surface area (Å²) in [6.07, 6.45) is 0. The highest BCUT2D eigenvalue weighted by molar-refractivity contribution is 6.30. The van der Waals surface area contributed by atoms with Gasteiger partial charge in [0.2, 0.25) is 0 Å². The largest absolute Gasteiger partial charge is 0.363 e. The zero-order valence-electron chi connectivity index (χ0n) is 17.5. The Morgan fingerprint density at radius 2 is 1.50 bits per heavy atom. The molecule has 0 saturated carbocycles. The molecule has 0 spiro atoms. The molecule has 32 heavy (non-hydrogen) atoms. The van der Waals surface area contributed by atoms with Gasteiger partial charge < -0.3 is 5.11 Å². The van der Waals surface area contributed by atoms with Crippen LogP contribution in [0, 0.1) is 6.92 Å². The average Bonchev–Trinajstić information content (AvgIpc) is 3.16. The van der Waals surface area contributed by atoms with E-state index in [-0.39, 0.29) is 5.69 Å². The van der Waals surface area contributed by atoms with E-state index in [4.69, 9.17) is 11.6 Å². The van der Waals surface area contributed by atoms with Crippen LogP contribution >= 0.6 is 11.6 Å². The van der Waals surface area contributed by atoms with Crippen molar-refractivity contribution < 1.29 is 9.90 Å². The van der Waals surface area contributed by atoms with Gasteiger partial charge in [-0.1, -0.05) is 60.1 Å². The van der Waals surface area contributed by atoms with Crippen LogP contribution in [0.25, 0.3) is 5.69 Å². The molecule has 0 radical (unpaired) electrons. The number of nitrogens with zero attached hydrogens (tertiary/aromatic N) is 3. The number of benzene rings is 3. The van der Waals surface area contributed by atoms with Crippen molar-refractivity contribution in [1.82, 2.24) is 9.36 Å². The van der Waals surface area contributed by atoms with Crippen LogP contribution in [0.2, 0.25) is 5.02 Å². The van der Waals surface area contributed by atoms with Crippen molar-refractivity contribution in [1.29, 1.82) is 0 Å². The summed E-state index contributed by atoms with van der Waals surface area (Å²) in [5, 5.41) is 12.6. The molecule has 1 N–H and O–H groups in total. The first kappa shape index (κ1) is 20.3. The molecule has 0 aliphatic carbocycles. The first-order valence-corrected chi connectivity index (χ1v) is 10.5. The SMILES string of the molecule is Cc1c(N2C(=O)c3ccccc3C2(O)c2ccc(Cl)cc2)c(=O)n(-c2ccccc2)n1C. The molecular weight excluding hydrogens is 426 g/mol. The second-order valence-electron chi connectivity index (χ2n) is 7.78. The Bertz CT molecular complexity index is 1410. The minimum atomic E-state index is -1.86. The van der Waals surface area contributed by atoms with E-state index < -0.39 is 17.2 Å². The van der Waals surface area contributed by atoms with E-state index in [1.165, 1.54) is 9.58 Å². The van der Waals surface area contributed by atoms with Gasteiger partial charge in [0, 0.05) is 28.8 Å². The van der Waals surface area contributed by atoms with Crippen LogP contribution in [0.1, 0.15) is 27.2 Å². The Labute approximate surface area is 189 Å². The van der Waals surface area contributed by atoms with Crippen LogP contribution < -0.4 is 10.5 Å². The van der Waals surface area contributed by atoms with Crippen LogP contribution in [0.4, 0.5) is 5.69 Å². The van der Waals surface area contributed by atoms with Gasteiger partial charge in [-0.2, -0.15) is 0 Å². The van der Waals surface area contributed by atoms with Gasteiger partial charge in [-0.3, -0.25) is 19.2 Å². The Kier molecular flexibility index (Phi) is 4.58. The van der Waals surface area contributed by atoms with Gasteiger partial charge in [0.1, 0.15) is 5.69 Å². The molecule has 4 aromatic rings. The lowest BCUT2D eigenvalue weighted by molar-refractivity contribution is 0.0701. The Morgan fingerprint density at radius 3 is 2.19 bits per heavy atom. The van der Waals surface area contributed by atoms with Crippen LogP contribution in [0.5, 0.6) is 0 Å². The molecule has 6 nitrogen and oxygen atoms in total. The second kappa shape index (κ2) is 7.22. The molecule has 5 rings (SSSR count). The number of aliphatic hydroxyl groups is 1. The number of halogens is 1. The zero-order valence-corrected chi connectivity index (χ0v) is 18.2. The Hall–Kier alpha value is -3.61. The van der Waals surface area contributed by atoms with Gasteiger partial charge in [-0.25, -0.2) is 4.68 Å². The van der Waals surface area contributed by atoms with E-state index in [1.54, 1.807) is 67.2 Å². The molecule has 1 unspecified atom stereocenters. The second-order valence-corrected chi connectivity index (χ2v) is 8.21. The molecule has 0 saturated heterocycles. The van der Waals surface area contributed by atoms with Gasteiger partial charge in [-0.15, -0.1) is 0 Å². The van der Waals surface area contributed by atoms with Crippen molar-refractivity contribution in [2.75, 3.05) is 4.90 Å². The predicted molar refractivity (Wildman–Crippen MR) is 123 cm³/mol. The van der Waals surface area contributed by atoms with E-state index >= 15 is 0 Å². The molecule has 3 aromatic carbocycles. The molecule has 160 valence electrons. The molecule has 1 atom stereocenters. The van der Waals surface area contributed by atoms with E-state index in [0.717, 1.165) is 0 Å². The number of anilines is 1. The van der Waals surface area contributed by atoms with E-state index in [2.05, 4.69) is 0 Å². The fourth-order valence-corrected chi connectivity index (χ4v) is 4.53. The molecular formula is C25H20ClN3O3. The maximum atomic E-state index is 13.7. The van der Waals surface area contributed by atoms with E-state index in [9.17, 15) is 14.7 Å². The van der Waals surface area contributed by atoms with Gasteiger partial charge in [-0.05, 0) is 37.3 Å². The lowest BCUT2D eigenvalue weighted by Crippen LogP contribution is -2.47. The molecule has 2 heterocycles. The smallest absolute Gasteiger partial charge is 0.295 e. The summed E-state index contributed by atoms with van der Waals surface area (Å²) in [6, 6.07) is 22.7. The van der Waals surface area contributed by atoms with Crippen LogP contribution in [0.15, 0.2) is 83.7 Å². The fourth-order valence-electron chi connectivity index (χ4n) is 4.40. The summed E-state index contributed by atoms with van der Waals surface area (Å²) in [5.41, 5.74) is 0.271. The summed E-state index contributed by atoms with van der Waals surface area (Å²) < 4.78 is 3.18. The minimum absolute atomic E-state index is 0.120. The number of rotatable bonds is 3. The van der Waals surface area contributed by atoms with Gasteiger partial charge in [0.15, 0.2) is 5.72 Å². The van der Waals surface area contributed by atoms with Crippen molar-refractivity contribution in [2.45, 2.75) is 12.6 Å². The number of para-hydroxylation sites is 1. The van der Waals surface area contributed by atoms with E-state index in [0.29, 0.717) is 33.1 Å². The molecule has 1 amide bonds. The molecule has 7 heteroatoms. The molecule has 1 aliphatic heterocycles. The van der Waals surface area contributed by atoms with Crippen LogP contribution in [0.3, 0.4) is 0 Å². The summed E-state index contributed by atoms with van der Waals surface area (Å²) in [5.74, 6) is -0.441. The highest BCUT2D eigenvalue weighted by atomic mass is 35.5. The monoisotopic (exact) mass is 445 g/mol.